The fourth-order valence-corrected chi connectivity index (χ4v) is 2.31. The first kappa shape index (κ1) is 12.5. The van der Waals surface area contributed by atoms with Crippen molar-refractivity contribution >= 4 is 11.6 Å². The minimum Gasteiger partial charge on any atom is -0.491 e. The van der Waals surface area contributed by atoms with Crippen LogP contribution in [0, 0.1) is 6.92 Å². The molecule has 2 aromatic rings. The van der Waals surface area contributed by atoms with Crippen LogP contribution in [0.3, 0.4) is 0 Å². The van der Waals surface area contributed by atoms with E-state index >= 15 is 0 Å². The van der Waals surface area contributed by atoms with Crippen LogP contribution in [0.5, 0.6) is 5.75 Å². The number of ether oxygens (including phenoxy) is 1. The number of carbonyl (C=O) groups excluding carboxylic acids is 1. The number of fused-ring (bicyclic) bond motifs is 1. The highest BCUT2D eigenvalue weighted by Crippen LogP contribution is 2.31. The Kier molecular flexibility index (Phi) is 3.06. The monoisotopic (exact) mass is 268 g/mol. The molecule has 4 nitrogen and oxygen atoms in total. The Morgan fingerprint density at radius 3 is 2.90 bits per heavy atom. The summed E-state index contributed by atoms with van der Waals surface area (Å²) < 4.78 is 5.55. The van der Waals surface area contributed by atoms with Gasteiger partial charge in [-0.25, -0.2) is 0 Å². The van der Waals surface area contributed by atoms with Crippen molar-refractivity contribution in [2.75, 3.05) is 12.3 Å². The number of hydrogen-bond acceptors (Lipinski definition) is 3. The van der Waals surface area contributed by atoms with Crippen LogP contribution >= 0.6 is 0 Å². The SMILES string of the molecule is Cc1ccc(C(=O)NC2COc3ccccc32)cc1N. The van der Waals surface area contributed by atoms with Crippen molar-refractivity contribution in [1.82, 2.24) is 5.32 Å². The van der Waals surface area contributed by atoms with Gasteiger partial charge in [0.25, 0.3) is 5.91 Å². The van der Waals surface area contributed by atoms with E-state index in [1.165, 1.54) is 0 Å². The molecule has 1 aliphatic heterocycles. The van der Waals surface area contributed by atoms with E-state index < -0.39 is 0 Å². The van der Waals surface area contributed by atoms with Gasteiger partial charge in [0, 0.05) is 16.8 Å². The summed E-state index contributed by atoms with van der Waals surface area (Å²) in [5, 5.41) is 2.98. The van der Waals surface area contributed by atoms with E-state index in [1.54, 1.807) is 12.1 Å². The number of rotatable bonds is 2. The Labute approximate surface area is 117 Å². The first-order valence-corrected chi connectivity index (χ1v) is 6.54. The summed E-state index contributed by atoms with van der Waals surface area (Å²) in [5.41, 5.74) is 9.01. The van der Waals surface area contributed by atoms with Crippen LogP contribution in [0.1, 0.15) is 27.5 Å². The number of nitrogens with two attached hydrogens (primary N) is 1. The second-order valence-corrected chi connectivity index (χ2v) is 4.95. The minimum absolute atomic E-state index is 0.110. The van der Waals surface area contributed by atoms with E-state index in [2.05, 4.69) is 5.32 Å². The molecule has 20 heavy (non-hydrogen) atoms. The summed E-state index contributed by atoms with van der Waals surface area (Å²) in [4.78, 5) is 12.3. The molecule has 0 aromatic heterocycles. The molecule has 3 N–H and O–H groups in total. The smallest absolute Gasteiger partial charge is 0.251 e. The van der Waals surface area contributed by atoms with Crippen LogP contribution in [0.4, 0.5) is 5.69 Å². The second-order valence-electron chi connectivity index (χ2n) is 4.95. The molecule has 0 bridgehead atoms. The van der Waals surface area contributed by atoms with Gasteiger partial charge in [-0.05, 0) is 30.7 Å². The Balaban J connectivity index is 1.79. The zero-order chi connectivity index (χ0) is 14.1. The van der Waals surface area contributed by atoms with Crippen LogP contribution in [0.15, 0.2) is 42.5 Å². The highest BCUT2D eigenvalue weighted by molar-refractivity contribution is 5.95. The summed E-state index contributed by atoms with van der Waals surface area (Å²) in [7, 11) is 0. The lowest BCUT2D eigenvalue weighted by Crippen LogP contribution is -2.29. The van der Waals surface area contributed by atoms with Gasteiger partial charge >= 0.3 is 0 Å². The predicted molar refractivity (Wildman–Crippen MR) is 77.7 cm³/mol. The molecule has 1 amide bonds. The molecular formula is C16H16N2O2. The Morgan fingerprint density at radius 2 is 2.10 bits per heavy atom. The summed E-state index contributed by atoms with van der Waals surface area (Å²) >= 11 is 0. The molecule has 0 spiro atoms. The molecular weight excluding hydrogens is 252 g/mol. The second kappa shape index (κ2) is 4.89. The van der Waals surface area contributed by atoms with Crippen LogP contribution in [-0.2, 0) is 0 Å². The first-order chi connectivity index (χ1) is 9.65. The summed E-state index contributed by atoms with van der Waals surface area (Å²) in [6.07, 6.45) is 0. The maximum Gasteiger partial charge on any atom is 0.251 e. The Bertz CT molecular complexity index is 667. The van der Waals surface area contributed by atoms with E-state index in [4.69, 9.17) is 10.5 Å². The number of carbonyl (C=O) groups is 1. The average molecular weight is 268 g/mol. The molecule has 4 heteroatoms. The summed E-state index contributed by atoms with van der Waals surface area (Å²) in [6.45, 7) is 2.38. The van der Waals surface area contributed by atoms with Gasteiger partial charge in [0.15, 0.2) is 0 Å². The fourth-order valence-electron chi connectivity index (χ4n) is 2.31. The van der Waals surface area contributed by atoms with Crippen LogP contribution in [-0.4, -0.2) is 12.5 Å². The lowest BCUT2D eigenvalue weighted by atomic mass is 10.1. The van der Waals surface area contributed by atoms with E-state index in [0.29, 0.717) is 17.9 Å². The van der Waals surface area contributed by atoms with E-state index in [0.717, 1.165) is 16.9 Å². The van der Waals surface area contributed by atoms with Crippen molar-refractivity contribution in [3.63, 3.8) is 0 Å². The van der Waals surface area contributed by atoms with Gasteiger partial charge in [-0.2, -0.15) is 0 Å². The van der Waals surface area contributed by atoms with Crippen molar-refractivity contribution in [3.8, 4) is 5.75 Å². The largest absolute Gasteiger partial charge is 0.491 e. The highest BCUT2D eigenvalue weighted by Gasteiger charge is 2.25. The number of aryl methyl sites for hydroxylation is 1. The topological polar surface area (TPSA) is 64.3 Å². The third-order valence-electron chi connectivity index (χ3n) is 3.55. The lowest BCUT2D eigenvalue weighted by Gasteiger charge is -2.12. The van der Waals surface area contributed by atoms with Crippen molar-refractivity contribution in [1.29, 1.82) is 0 Å². The molecule has 1 aliphatic rings. The maximum atomic E-state index is 12.3. The predicted octanol–water partition coefficient (Wildman–Crippen LogP) is 2.44. The van der Waals surface area contributed by atoms with Gasteiger partial charge in [0.05, 0.1) is 6.04 Å². The number of benzene rings is 2. The molecule has 1 heterocycles. The van der Waals surface area contributed by atoms with Gasteiger partial charge in [-0.1, -0.05) is 24.3 Å². The van der Waals surface area contributed by atoms with Crippen molar-refractivity contribution in [2.24, 2.45) is 0 Å². The number of anilines is 1. The number of nitrogen functional groups attached to an aromatic ring is 1. The molecule has 0 aliphatic carbocycles. The third-order valence-corrected chi connectivity index (χ3v) is 3.55. The van der Waals surface area contributed by atoms with Gasteiger partial charge in [0.1, 0.15) is 12.4 Å². The molecule has 102 valence electrons. The molecule has 0 fully saturated rings. The molecule has 1 atom stereocenters. The quantitative estimate of drug-likeness (QED) is 0.822. The van der Waals surface area contributed by atoms with E-state index in [-0.39, 0.29) is 11.9 Å². The van der Waals surface area contributed by atoms with Gasteiger partial charge in [-0.15, -0.1) is 0 Å². The molecule has 3 rings (SSSR count). The normalized spacial score (nSPS) is 16.4. The first-order valence-electron chi connectivity index (χ1n) is 6.54. The highest BCUT2D eigenvalue weighted by atomic mass is 16.5. The van der Waals surface area contributed by atoms with Gasteiger partial charge < -0.3 is 15.8 Å². The van der Waals surface area contributed by atoms with Crippen molar-refractivity contribution in [2.45, 2.75) is 13.0 Å². The Hall–Kier alpha value is -2.49. The molecule has 0 saturated heterocycles. The van der Waals surface area contributed by atoms with Gasteiger partial charge in [0.2, 0.25) is 0 Å². The molecule has 1 unspecified atom stereocenters. The lowest BCUT2D eigenvalue weighted by molar-refractivity contribution is 0.0930. The number of para-hydroxylation sites is 1. The maximum absolute atomic E-state index is 12.3. The third kappa shape index (κ3) is 2.20. The van der Waals surface area contributed by atoms with Crippen LogP contribution < -0.4 is 15.8 Å². The zero-order valence-corrected chi connectivity index (χ0v) is 11.2. The van der Waals surface area contributed by atoms with Crippen LogP contribution in [0.25, 0.3) is 0 Å². The fraction of sp³-hybridized carbons (Fsp3) is 0.188. The standard InChI is InChI=1S/C16H16N2O2/c1-10-6-7-11(8-13(10)17)16(19)18-14-9-20-15-5-3-2-4-12(14)15/h2-8,14H,9,17H2,1H3,(H,18,19). The minimum atomic E-state index is -0.137. The molecule has 0 saturated carbocycles. The molecule has 2 aromatic carbocycles. The number of amides is 1. The van der Waals surface area contributed by atoms with Crippen molar-refractivity contribution in [3.05, 3.63) is 59.2 Å². The van der Waals surface area contributed by atoms with E-state index in [9.17, 15) is 4.79 Å². The van der Waals surface area contributed by atoms with E-state index in [1.807, 2.05) is 37.3 Å². The molecule has 0 radical (unpaired) electrons. The van der Waals surface area contributed by atoms with Crippen molar-refractivity contribution < 1.29 is 9.53 Å². The summed E-state index contributed by atoms with van der Waals surface area (Å²) in [5.74, 6) is 0.697. The summed E-state index contributed by atoms with van der Waals surface area (Å²) in [6, 6.07) is 13.0. The average Bonchev–Trinajstić information content (AvgIpc) is 2.85. The number of nitrogens with one attached hydrogen (secondary N) is 1. The zero-order valence-electron chi connectivity index (χ0n) is 11.2. The van der Waals surface area contributed by atoms with Crippen LogP contribution in [0.2, 0.25) is 0 Å². The number of hydrogen-bond donors (Lipinski definition) is 2. The Morgan fingerprint density at radius 1 is 1.30 bits per heavy atom. The van der Waals surface area contributed by atoms with Gasteiger partial charge in [-0.3, -0.25) is 4.79 Å².